The Bertz CT molecular complexity index is 664. The third kappa shape index (κ3) is 3.50. The van der Waals surface area contributed by atoms with Crippen molar-refractivity contribution in [1.82, 2.24) is 10.1 Å². The van der Waals surface area contributed by atoms with Crippen LogP contribution >= 0.6 is 11.6 Å². The molecule has 0 aliphatic rings. The quantitative estimate of drug-likeness (QED) is 0.819. The number of rotatable bonds is 5. The second kappa shape index (κ2) is 6.97. The van der Waals surface area contributed by atoms with Crippen molar-refractivity contribution < 1.29 is 9.32 Å². The van der Waals surface area contributed by atoms with Crippen molar-refractivity contribution in [2.24, 2.45) is 0 Å². The summed E-state index contributed by atoms with van der Waals surface area (Å²) in [6, 6.07) is 7.55. The number of carbonyl (C=O) groups is 1. The van der Waals surface area contributed by atoms with Gasteiger partial charge >= 0.3 is 0 Å². The molecular formula is C17H21ClN2O2. The molecule has 0 saturated carbocycles. The van der Waals surface area contributed by atoms with Gasteiger partial charge in [0.2, 0.25) is 0 Å². The van der Waals surface area contributed by atoms with Crippen molar-refractivity contribution in [2.45, 2.75) is 40.2 Å². The second-order valence-electron chi connectivity index (χ2n) is 5.61. The third-order valence-corrected chi connectivity index (χ3v) is 3.79. The van der Waals surface area contributed by atoms with Gasteiger partial charge in [0, 0.05) is 24.0 Å². The molecule has 1 aromatic carbocycles. The minimum absolute atomic E-state index is 0.0510. The normalized spacial score (nSPS) is 11.0. The van der Waals surface area contributed by atoms with E-state index in [1.807, 2.05) is 45.0 Å². The monoisotopic (exact) mass is 320 g/mol. The number of halogens is 1. The van der Waals surface area contributed by atoms with E-state index in [0.717, 1.165) is 5.56 Å². The van der Waals surface area contributed by atoms with Crippen molar-refractivity contribution in [3.63, 3.8) is 0 Å². The maximum Gasteiger partial charge on any atom is 0.259 e. The summed E-state index contributed by atoms with van der Waals surface area (Å²) in [6.07, 6.45) is 0. The predicted octanol–water partition coefficient (Wildman–Crippen LogP) is 4.42. The maximum absolute atomic E-state index is 12.9. The molecule has 2 rings (SSSR count). The van der Waals surface area contributed by atoms with Crippen LogP contribution in [-0.4, -0.2) is 22.5 Å². The largest absolute Gasteiger partial charge is 0.360 e. The van der Waals surface area contributed by atoms with Crippen LogP contribution in [0.15, 0.2) is 28.8 Å². The molecule has 1 amide bonds. The van der Waals surface area contributed by atoms with Gasteiger partial charge in [0.1, 0.15) is 5.56 Å². The molecule has 118 valence electrons. The SMILES string of the molecule is CCN(Cc1cccc(Cl)c1)C(=O)c1c(C)noc1C(C)C. The predicted molar refractivity (Wildman–Crippen MR) is 87.2 cm³/mol. The fourth-order valence-electron chi connectivity index (χ4n) is 2.38. The molecule has 1 heterocycles. The van der Waals surface area contributed by atoms with E-state index in [1.165, 1.54) is 0 Å². The summed E-state index contributed by atoms with van der Waals surface area (Å²) in [4.78, 5) is 14.6. The zero-order valence-electron chi connectivity index (χ0n) is 13.4. The lowest BCUT2D eigenvalue weighted by Gasteiger charge is -2.21. The van der Waals surface area contributed by atoms with Crippen LogP contribution in [0.3, 0.4) is 0 Å². The van der Waals surface area contributed by atoms with Gasteiger partial charge in [-0.1, -0.05) is 42.7 Å². The summed E-state index contributed by atoms with van der Waals surface area (Å²) in [5, 5.41) is 4.62. The van der Waals surface area contributed by atoms with Crippen LogP contribution in [0.5, 0.6) is 0 Å². The molecule has 0 fully saturated rings. The second-order valence-corrected chi connectivity index (χ2v) is 6.05. The van der Waals surface area contributed by atoms with Crippen LogP contribution in [-0.2, 0) is 6.54 Å². The first kappa shape index (κ1) is 16.6. The average molecular weight is 321 g/mol. The topological polar surface area (TPSA) is 46.3 Å². The van der Waals surface area contributed by atoms with Gasteiger partial charge in [0.05, 0.1) is 5.69 Å². The number of carbonyl (C=O) groups excluding carboxylic acids is 1. The van der Waals surface area contributed by atoms with E-state index in [2.05, 4.69) is 5.16 Å². The zero-order chi connectivity index (χ0) is 16.3. The summed E-state index contributed by atoms with van der Waals surface area (Å²) in [7, 11) is 0. The molecule has 22 heavy (non-hydrogen) atoms. The number of aryl methyl sites for hydroxylation is 1. The van der Waals surface area contributed by atoms with E-state index in [0.29, 0.717) is 35.1 Å². The molecule has 1 aromatic heterocycles. The van der Waals surface area contributed by atoms with E-state index in [-0.39, 0.29) is 11.8 Å². The van der Waals surface area contributed by atoms with Gasteiger partial charge in [-0.3, -0.25) is 4.79 Å². The Morgan fingerprint density at radius 1 is 1.41 bits per heavy atom. The Labute approximate surface area is 136 Å². The lowest BCUT2D eigenvalue weighted by molar-refractivity contribution is 0.0749. The highest BCUT2D eigenvalue weighted by atomic mass is 35.5. The Kier molecular flexibility index (Phi) is 5.24. The van der Waals surface area contributed by atoms with Gasteiger partial charge in [0.15, 0.2) is 5.76 Å². The van der Waals surface area contributed by atoms with Gasteiger partial charge < -0.3 is 9.42 Å². The first-order valence-corrected chi connectivity index (χ1v) is 7.81. The number of hydrogen-bond donors (Lipinski definition) is 0. The molecule has 0 atom stereocenters. The average Bonchev–Trinajstić information content (AvgIpc) is 2.86. The minimum Gasteiger partial charge on any atom is -0.360 e. The number of hydrogen-bond acceptors (Lipinski definition) is 3. The van der Waals surface area contributed by atoms with E-state index in [1.54, 1.807) is 11.8 Å². The van der Waals surface area contributed by atoms with Crippen LogP contribution in [0.2, 0.25) is 5.02 Å². The van der Waals surface area contributed by atoms with Crippen molar-refractivity contribution in [1.29, 1.82) is 0 Å². The summed E-state index contributed by atoms with van der Waals surface area (Å²) < 4.78 is 5.32. The fourth-order valence-corrected chi connectivity index (χ4v) is 2.60. The first-order valence-electron chi connectivity index (χ1n) is 7.43. The maximum atomic E-state index is 12.9. The molecule has 0 spiro atoms. The number of aromatic nitrogens is 1. The molecule has 0 N–H and O–H groups in total. The molecule has 0 bridgehead atoms. The highest BCUT2D eigenvalue weighted by molar-refractivity contribution is 6.30. The molecule has 0 aliphatic heterocycles. The molecule has 4 nitrogen and oxygen atoms in total. The number of nitrogens with zero attached hydrogens (tertiary/aromatic N) is 2. The Balaban J connectivity index is 2.28. The highest BCUT2D eigenvalue weighted by Gasteiger charge is 2.26. The lowest BCUT2D eigenvalue weighted by atomic mass is 10.0. The smallest absolute Gasteiger partial charge is 0.259 e. The van der Waals surface area contributed by atoms with Crippen LogP contribution in [0.4, 0.5) is 0 Å². The van der Waals surface area contributed by atoms with Crippen LogP contribution < -0.4 is 0 Å². The van der Waals surface area contributed by atoms with E-state index in [4.69, 9.17) is 16.1 Å². The van der Waals surface area contributed by atoms with Gasteiger partial charge in [-0.05, 0) is 31.5 Å². The Morgan fingerprint density at radius 3 is 2.73 bits per heavy atom. The van der Waals surface area contributed by atoms with Gasteiger partial charge in [0.25, 0.3) is 5.91 Å². The van der Waals surface area contributed by atoms with Gasteiger partial charge in [-0.2, -0.15) is 0 Å². The first-order chi connectivity index (χ1) is 10.4. The molecule has 0 unspecified atom stereocenters. The highest BCUT2D eigenvalue weighted by Crippen LogP contribution is 2.24. The molecule has 0 saturated heterocycles. The molecule has 5 heteroatoms. The fraction of sp³-hybridized carbons (Fsp3) is 0.412. The van der Waals surface area contributed by atoms with Gasteiger partial charge in [-0.15, -0.1) is 0 Å². The van der Waals surface area contributed by atoms with E-state index >= 15 is 0 Å². The van der Waals surface area contributed by atoms with Crippen LogP contribution in [0.25, 0.3) is 0 Å². The van der Waals surface area contributed by atoms with Crippen molar-refractivity contribution in [2.75, 3.05) is 6.54 Å². The molecule has 0 radical (unpaired) electrons. The summed E-state index contributed by atoms with van der Waals surface area (Å²) >= 11 is 6.01. The third-order valence-electron chi connectivity index (χ3n) is 3.56. The lowest BCUT2D eigenvalue weighted by Crippen LogP contribution is -2.31. The Morgan fingerprint density at radius 2 is 2.14 bits per heavy atom. The van der Waals surface area contributed by atoms with E-state index < -0.39 is 0 Å². The van der Waals surface area contributed by atoms with Crippen molar-refractivity contribution in [3.05, 3.63) is 51.9 Å². The molecule has 0 aliphatic carbocycles. The van der Waals surface area contributed by atoms with Gasteiger partial charge in [-0.25, -0.2) is 0 Å². The summed E-state index contributed by atoms with van der Waals surface area (Å²) in [5.74, 6) is 0.710. The van der Waals surface area contributed by atoms with Crippen LogP contribution in [0, 0.1) is 6.92 Å². The number of benzene rings is 1. The van der Waals surface area contributed by atoms with Crippen molar-refractivity contribution >= 4 is 17.5 Å². The molecule has 2 aromatic rings. The van der Waals surface area contributed by atoms with Crippen LogP contribution in [0.1, 0.15) is 54.1 Å². The van der Waals surface area contributed by atoms with Crippen molar-refractivity contribution in [3.8, 4) is 0 Å². The standard InChI is InChI=1S/C17H21ClN2O2/c1-5-20(10-13-7-6-8-14(18)9-13)17(21)15-12(4)19-22-16(15)11(2)3/h6-9,11H,5,10H2,1-4H3. The molecular weight excluding hydrogens is 300 g/mol. The summed E-state index contributed by atoms with van der Waals surface area (Å²) in [5.41, 5.74) is 2.22. The summed E-state index contributed by atoms with van der Waals surface area (Å²) in [6.45, 7) is 8.86. The Hall–Kier alpha value is -1.81. The zero-order valence-corrected chi connectivity index (χ0v) is 14.1. The van der Waals surface area contributed by atoms with E-state index in [9.17, 15) is 4.79 Å². The number of amides is 1. The minimum atomic E-state index is -0.0510.